The van der Waals surface area contributed by atoms with Crippen molar-refractivity contribution in [2.45, 2.75) is 18.4 Å². The van der Waals surface area contributed by atoms with Gasteiger partial charge in [-0.3, -0.25) is 4.79 Å². The lowest BCUT2D eigenvalue weighted by molar-refractivity contribution is -0.137. The van der Waals surface area contributed by atoms with Crippen LogP contribution in [0, 0.1) is 0 Å². The Morgan fingerprint density at radius 3 is 2.25 bits per heavy atom. The van der Waals surface area contributed by atoms with Crippen LogP contribution in [0.3, 0.4) is 0 Å². The van der Waals surface area contributed by atoms with Crippen LogP contribution in [-0.2, 0) is 9.53 Å². The number of rotatable bonds is 7. The highest BCUT2D eigenvalue weighted by Gasteiger charge is 2.29. The van der Waals surface area contributed by atoms with Crippen molar-refractivity contribution in [3.05, 3.63) is 87.9 Å². The number of methoxy groups -OCH3 is 1. The third kappa shape index (κ3) is 4.48. The number of carbonyl (C=O) groups excluding carboxylic acids is 1. The Morgan fingerprint density at radius 1 is 1.03 bits per heavy atom. The Balaban J connectivity index is 1.51. The van der Waals surface area contributed by atoms with Crippen molar-refractivity contribution in [1.82, 2.24) is 5.32 Å². The molecule has 6 nitrogen and oxygen atoms in total. The highest BCUT2D eigenvalue weighted by molar-refractivity contribution is 9.10. The van der Waals surface area contributed by atoms with Crippen LogP contribution in [-0.4, -0.2) is 30.9 Å². The van der Waals surface area contributed by atoms with E-state index in [9.17, 15) is 14.7 Å². The molecule has 1 aliphatic carbocycles. The molecular formula is C25H22BrNO5. The summed E-state index contributed by atoms with van der Waals surface area (Å²) in [4.78, 5) is 24.1. The molecule has 7 heteroatoms. The number of amides is 1. The highest BCUT2D eigenvalue weighted by Crippen LogP contribution is 2.44. The highest BCUT2D eigenvalue weighted by atomic mass is 79.9. The van der Waals surface area contributed by atoms with Gasteiger partial charge in [-0.1, -0.05) is 64.5 Å². The molecule has 3 aromatic rings. The van der Waals surface area contributed by atoms with Gasteiger partial charge < -0.3 is 19.9 Å². The van der Waals surface area contributed by atoms with Gasteiger partial charge in [0.15, 0.2) is 0 Å². The van der Waals surface area contributed by atoms with E-state index in [1.807, 2.05) is 36.4 Å². The van der Waals surface area contributed by atoms with Crippen LogP contribution >= 0.6 is 15.9 Å². The average Bonchev–Trinajstić information content (AvgIpc) is 3.11. The summed E-state index contributed by atoms with van der Waals surface area (Å²) in [6, 6.07) is 20.6. The molecule has 0 radical (unpaired) electrons. The van der Waals surface area contributed by atoms with Crippen LogP contribution in [0.2, 0.25) is 0 Å². The molecule has 1 amide bonds. The smallest absolute Gasteiger partial charge is 0.407 e. The Bertz CT molecular complexity index is 1120. The van der Waals surface area contributed by atoms with Gasteiger partial charge in [-0.25, -0.2) is 4.79 Å². The van der Waals surface area contributed by atoms with Gasteiger partial charge in [0.25, 0.3) is 0 Å². The maximum absolute atomic E-state index is 12.7. The molecule has 0 unspecified atom stereocenters. The first kappa shape index (κ1) is 21.9. The summed E-state index contributed by atoms with van der Waals surface area (Å²) in [5.41, 5.74) is 5.10. The second-order valence-corrected chi connectivity index (χ2v) is 8.36. The van der Waals surface area contributed by atoms with Gasteiger partial charge in [0, 0.05) is 10.4 Å². The number of benzene rings is 3. The molecule has 1 aliphatic rings. The van der Waals surface area contributed by atoms with Crippen molar-refractivity contribution in [2.75, 3.05) is 13.7 Å². The van der Waals surface area contributed by atoms with Gasteiger partial charge in [0.2, 0.25) is 0 Å². The molecule has 164 valence electrons. The standard InChI is InChI=1S/C25H22BrNO5/c1-31-15-10-11-22(26)20(12-15)23(13-24(28)29)27-25(30)32-14-21-18-8-4-2-6-16(18)17-7-3-5-9-19(17)21/h2-12,21,23H,13-14H2,1H3,(H,27,30)(H,28,29)/t23-/m0/s1. The van der Waals surface area contributed by atoms with E-state index in [0.29, 0.717) is 15.8 Å². The molecule has 0 saturated carbocycles. The molecule has 2 N–H and O–H groups in total. The molecule has 0 saturated heterocycles. The molecule has 3 aromatic carbocycles. The second kappa shape index (κ2) is 9.44. The summed E-state index contributed by atoms with van der Waals surface area (Å²) >= 11 is 3.43. The molecule has 0 aromatic heterocycles. The van der Waals surface area contributed by atoms with Crippen LogP contribution in [0.4, 0.5) is 4.79 Å². The third-order valence-corrected chi connectivity index (χ3v) is 6.32. The zero-order valence-electron chi connectivity index (χ0n) is 17.4. The van der Waals surface area contributed by atoms with Crippen LogP contribution in [0.25, 0.3) is 11.1 Å². The Morgan fingerprint density at radius 2 is 1.66 bits per heavy atom. The number of hydrogen-bond acceptors (Lipinski definition) is 4. The van der Waals surface area contributed by atoms with Gasteiger partial charge in [0.05, 0.1) is 19.6 Å². The number of fused-ring (bicyclic) bond motifs is 3. The third-order valence-electron chi connectivity index (χ3n) is 5.59. The van der Waals surface area contributed by atoms with Crippen molar-refractivity contribution in [3.8, 4) is 16.9 Å². The minimum absolute atomic E-state index is 0.0744. The molecule has 0 bridgehead atoms. The first-order chi connectivity index (χ1) is 15.5. The van der Waals surface area contributed by atoms with E-state index in [4.69, 9.17) is 9.47 Å². The SMILES string of the molecule is COc1ccc(Br)c([C@H](CC(=O)O)NC(=O)OCC2c3ccccc3-c3ccccc32)c1. The summed E-state index contributed by atoms with van der Waals surface area (Å²) in [5.74, 6) is -0.550. The molecule has 0 heterocycles. The van der Waals surface area contributed by atoms with Crippen LogP contribution in [0.15, 0.2) is 71.2 Å². The lowest BCUT2D eigenvalue weighted by Gasteiger charge is -2.20. The number of carboxylic acids is 1. The lowest BCUT2D eigenvalue weighted by Crippen LogP contribution is -2.32. The first-order valence-electron chi connectivity index (χ1n) is 10.1. The summed E-state index contributed by atoms with van der Waals surface area (Å²) in [6.45, 7) is 0.152. The zero-order valence-corrected chi connectivity index (χ0v) is 19.0. The zero-order chi connectivity index (χ0) is 22.7. The molecule has 32 heavy (non-hydrogen) atoms. The van der Waals surface area contributed by atoms with Crippen LogP contribution in [0.5, 0.6) is 5.75 Å². The fourth-order valence-corrected chi connectivity index (χ4v) is 4.63. The number of aliphatic carboxylic acids is 1. The van der Waals surface area contributed by atoms with Gasteiger partial charge in [-0.15, -0.1) is 0 Å². The van der Waals surface area contributed by atoms with E-state index in [0.717, 1.165) is 22.3 Å². The fourth-order valence-electron chi connectivity index (χ4n) is 4.11. The fraction of sp³-hybridized carbons (Fsp3) is 0.200. The molecule has 4 rings (SSSR count). The predicted octanol–water partition coefficient (Wildman–Crippen LogP) is 5.51. The van der Waals surface area contributed by atoms with E-state index in [-0.39, 0.29) is 18.9 Å². The number of halogens is 1. The van der Waals surface area contributed by atoms with Gasteiger partial charge in [-0.2, -0.15) is 0 Å². The van der Waals surface area contributed by atoms with Gasteiger partial charge in [0.1, 0.15) is 12.4 Å². The summed E-state index contributed by atoms with van der Waals surface area (Å²) < 4.78 is 11.5. The Labute approximate surface area is 194 Å². The minimum Gasteiger partial charge on any atom is -0.497 e. The minimum atomic E-state index is -1.04. The summed E-state index contributed by atoms with van der Waals surface area (Å²) in [5, 5.41) is 12.1. The lowest BCUT2D eigenvalue weighted by atomic mass is 9.98. The van der Waals surface area contributed by atoms with Crippen LogP contribution < -0.4 is 10.1 Å². The maximum Gasteiger partial charge on any atom is 0.407 e. The number of nitrogens with one attached hydrogen (secondary N) is 1. The van der Waals surface area contributed by atoms with Crippen molar-refractivity contribution >= 4 is 28.0 Å². The Hall–Kier alpha value is -3.32. The van der Waals surface area contributed by atoms with E-state index < -0.39 is 18.1 Å². The van der Waals surface area contributed by atoms with Crippen molar-refractivity contribution < 1.29 is 24.2 Å². The number of hydrogen-bond donors (Lipinski definition) is 2. The quantitative estimate of drug-likeness (QED) is 0.451. The topological polar surface area (TPSA) is 84.9 Å². The number of alkyl carbamates (subject to hydrolysis) is 1. The number of ether oxygens (including phenoxy) is 2. The summed E-state index contributed by atoms with van der Waals surface area (Å²) in [6.07, 6.45) is -0.969. The normalized spacial score (nSPS) is 13.1. The molecule has 1 atom stereocenters. The van der Waals surface area contributed by atoms with Crippen molar-refractivity contribution in [1.29, 1.82) is 0 Å². The van der Waals surface area contributed by atoms with E-state index in [2.05, 4.69) is 33.4 Å². The molecule has 0 aliphatic heterocycles. The molecular weight excluding hydrogens is 474 g/mol. The van der Waals surface area contributed by atoms with E-state index >= 15 is 0 Å². The largest absolute Gasteiger partial charge is 0.497 e. The number of carboxylic acid groups (broad SMARTS) is 1. The summed E-state index contributed by atoms with van der Waals surface area (Å²) in [7, 11) is 1.53. The molecule has 0 fully saturated rings. The Kier molecular flexibility index (Phi) is 6.46. The van der Waals surface area contributed by atoms with E-state index in [1.54, 1.807) is 18.2 Å². The van der Waals surface area contributed by atoms with Gasteiger partial charge >= 0.3 is 12.1 Å². The first-order valence-corrected chi connectivity index (χ1v) is 10.9. The second-order valence-electron chi connectivity index (χ2n) is 7.51. The molecule has 0 spiro atoms. The maximum atomic E-state index is 12.7. The number of carbonyl (C=O) groups is 2. The van der Waals surface area contributed by atoms with Gasteiger partial charge in [-0.05, 0) is 46.0 Å². The average molecular weight is 496 g/mol. The predicted molar refractivity (Wildman–Crippen MR) is 124 cm³/mol. The van der Waals surface area contributed by atoms with Crippen molar-refractivity contribution in [2.24, 2.45) is 0 Å². The van der Waals surface area contributed by atoms with E-state index in [1.165, 1.54) is 7.11 Å². The van der Waals surface area contributed by atoms with Crippen LogP contribution in [0.1, 0.15) is 35.1 Å². The monoisotopic (exact) mass is 495 g/mol. The van der Waals surface area contributed by atoms with Crippen molar-refractivity contribution in [3.63, 3.8) is 0 Å².